The van der Waals surface area contributed by atoms with Gasteiger partial charge < -0.3 is 21.5 Å². The number of ether oxygens (including phenoxy) is 1. The van der Waals surface area contributed by atoms with Crippen LogP contribution in [0.3, 0.4) is 0 Å². The first-order valence-corrected chi connectivity index (χ1v) is 10.5. The van der Waals surface area contributed by atoms with E-state index in [0.717, 1.165) is 19.3 Å². The molecular formula is C20H40N4O3. The van der Waals surface area contributed by atoms with E-state index in [1.54, 1.807) is 0 Å². The molecule has 0 bridgehead atoms. The van der Waals surface area contributed by atoms with Crippen LogP contribution >= 0.6 is 0 Å². The lowest BCUT2D eigenvalue weighted by Gasteiger charge is -2.10. The molecule has 7 nitrogen and oxygen atoms in total. The molecule has 0 aromatic heterocycles. The minimum Gasteiger partial charge on any atom is -0.392 e. The molecular weight excluding hydrogens is 344 g/mol. The van der Waals surface area contributed by atoms with Gasteiger partial charge in [-0.1, -0.05) is 71.1 Å². The van der Waals surface area contributed by atoms with Crippen LogP contribution in [-0.2, 0) is 14.3 Å². The third-order valence-electron chi connectivity index (χ3n) is 4.51. The van der Waals surface area contributed by atoms with E-state index in [-0.39, 0.29) is 12.4 Å². The zero-order valence-electron chi connectivity index (χ0n) is 17.1. The van der Waals surface area contributed by atoms with Crippen LogP contribution in [0.5, 0.6) is 0 Å². The number of carbonyl (C=O) groups is 2. The van der Waals surface area contributed by atoms with Crippen LogP contribution in [0.15, 0.2) is 0 Å². The lowest BCUT2D eigenvalue weighted by Crippen LogP contribution is -2.36. The van der Waals surface area contributed by atoms with Crippen molar-refractivity contribution in [2.75, 3.05) is 6.54 Å². The maximum atomic E-state index is 11.7. The number of rotatable bonds is 17. The molecule has 0 fully saturated rings. The lowest BCUT2D eigenvalue weighted by atomic mass is 10.1. The molecule has 0 radical (unpaired) electrons. The summed E-state index contributed by atoms with van der Waals surface area (Å²) in [5, 5.41) is 9.65. The summed E-state index contributed by atoms with van der Waals surface area (Å²) < 4.78 is 4.79. The molecule has 0 aromatic carbocycles. The molecule has 0 saturated carbocycles. The summed E-state index contributed by atoms with van der Waals surface area (Å²) in [5.74, 6) is -1.28. The number of carbonyl (C=O) groups excluding carboxylic acids is 2. The van der Waals surface area contributed by atoms with Gasteiger partial charge >= 0.3 is 11.9 Å². The van der Waals surface area contributed by atoms with Crippen molar-refractivity contribution in [2.45, 2.75) is 103 Å². The highest BCUT2D eigenvalue weighted by atomic mass is 16.6. The standard InChI is InChI=1S/C20H40N4O3/c1-2-3-4-5-6-7-8-9-10-11-12-15-18(25)27-19(26)17(21)14-13-16-24-20(22)23/h17H,2-16,21H2,1H3,(H4,22,23,24). The Hall–Kier alpha value is -1.63. The molecule has 0 heterocycles. The van der Waals surface area contributed by atoms with Crippen molar-refractivity contribution in [2.24, 2.45) is 11.5 Å². The Kier molecular flexibility index (Phi) is 16.7. The molecule has 0 aliphatic carbocycles. The summed E-state index contributed by atoms with van der Waals surface area (Å²) >= 11 is 0. The molecule has 158 valence electrons. The van der Waals surface area contributed by atoms with Crippen molar-refractivity contribution in [1.29, 1.82) is 5.41 Å². The summed E-state index contributed by atoms with van der Waals surface area (Å²) in [6.45, 7) is 2.69. The summed E-state index contributed by atoms with van der Waals surface area (Å²) in [6, 6.07) is -0.819. The SMILES string of the molecule is CCCCCCCCCCCCCC(=O)OC(=O)C(N)CCCNC(=N)N. The minimum absolute atomic E-state index is 0.117. The third-order valence-corrected chi connectivity index (χ3v) is 4.51. The Balaban J connectivity index is 3.51. The van der Waals surface area contributed by atoms with E-state index < -0.39 is 18.0 Å². The molecule has 0 aromatic rings. The fraction of sp³-hybridized carbons (Fsp3) is 0.850. The van der Waals surface area contributed by atoms with E-state index in [9.17, 15) is 9.59 Å². The normalized spacial score (nSPS) is 11.8. The number of unbranched alkanes of at least 4 members (excludes halogenated alkanes) is 10. The molecule has 0 rings (SSSR count). The van der Waals surface area contributed by atoms with E-state index in [2.05, 4.69) is 12.2 Å². The molecule has 0 aliphatic heterocycles. The van der Waals surface area contributed by atoms with E-state index >= 15 is 0 Å². The van der Waals surface area contributed by atoms with Crippen molar-refractivity contribution in [3.8, 4) is 0 Å². The summed E-state index contributed by atoms with van der Waals surface area (Å²) in [6.07, 6.45) is 14.5. The van der Waals surface area contributed by atoms with Gasteiger partial charge in [-0.2, -0.15) is 0 Å². The number of esters is 2. The number of guanidine groups is 1. The van der Waals surface area contributed by atoms with E-state index in [1.165, 1.54) is 51.4 Å². The van der Waals surface area contributed by atoms with Gasteiger partial charge in [0, 0.05) is 13.0 Å². The first-order valence-electron chi connectivity index (χ1n) is 10.5. The smallest absolute Gasteiger partial charge is 0.330 e. The average molecular weight is 385 g/mol. The number of hydrogen-bond donors (Lipinski definition) is 4. The fourth-order valence-corrected chi connectivity index (χ4v) is 2.84. The van der Waals surface area contributed by atoms with Gasteiger partial charge in [-0.05, 0) is 19.3 Å². The number of hydrogen-bond acceptors (Lipinski definition) is 5. The first kappa shape index (κ1) is 25.4. The average Bonchev–Trinajstić information content (AvgIpc) is 2.62. The van der Waals surface area contributed by atoms with Gasteiger partial charge in [0.1, 0.15) is 6.04 Å². The monoisotopic (exact) mass is 384 g/mol. The predicted octanol–water partition coefficient (Wildman–Crippen LogP) is 3.35. The van der Waals surface area contributed by atoms with Crippen LogP contribution in [0.25, 0.3) is 0 Å². The molecule has 0 spiro atoms. The van der Waals surface area contributed by atoms with Crippen molar-refractivity contribution in [3.63, 3.8) is 0 Å². The van der Waals surface area contributed by atoms with Gasteiger partial charge in [-0.3, -0.25) is 10.2 Å². The molecule has 1 atom stereocenters. The first-order chi connectivity index (χ1) is 13.0. The second-order valence-corrected chi connectivity index (χ2v) is 7.17. The minimum atomic E-state index is -0.819. The zero-order chi connectivity index (χ0) is 20.3. The fourth-order valence-electron chi connectivity index (χ4n) is 2.84. The molecule has 7 heteroatoms. The lowest BCUT2D eigenvalue weighted by molar-refractivity contribution is -0.160. The van der Waals surface area contributed by atoms with Crippen molar-refractivity contribution in [3.05, 3.63) is 0 Å². The highest BCUT2D eigenvalue weighted by molar-refractivity contribution is 5.88. The summed E-state index contributed by atoms with van der Waals surface area (Å²) in [5.41, 5.74) is 10.9. The Morgan fingerprint density at radius 1 is 0.926 bits per heavy atom. The van der Waals surface area contributed by atoms with Crippen LogP contribution in [0.1, 0.15) is 96.8 Å². The molecule has 1 unspecified atom stereocenters. The second kappa shape index (κ2) is 17.8. The van der Waals surface area contributed by atoms with Crippen LogP contribution in [0.4, 0.5) is 0 Å². The maximum Gasteiger partial charge on any atom is 0.330 e. The highest BCUT2D eigenvalue weighted by Crippen LogP contribution is 2.12. The quantitative estimate of drug-likeness (QED) is 0.0999. The van der Waals surface area contributed by atoms with Crippen LogP contribution in [0, 0.1) is 5.41 Å². The Morgan fingerprint density at radius 2 is 1.44 bits per heavy atom. The zero-order valence-corrected chi connectivity index (χ0v) is 17.1. The van der Waals surface area contributed by atoms with Gasteiger partial charge in [-0.15, -0.1) is 0 Å². The Morgan fingerprint density at radius 3 is 1.96 bits per heavy atom. The molecule has 6 N–H and O–H groups in total. The van der Waals surface area contributed by atoms with Crippen molar-refractivity contribution < 1.29 is 14.3 Å². The van der Waals surface area contributed by atoms with Gasteiger partial charge in [0.25, 0.3) is 0 Å². The number of nitrogens with one attached hydrogen (secondary N) is 2. The van der Waals surface area contributed by atoms with Crippen LogP contribution in [-0.4, -0.2) is 30.5 Å². The predicted molar refractivity (Wildman–Crippen MR) is 109 cm³/mol. The Labute approximate surface area is 164 Å². The second-order valence-electron chi connectivity index (χ2n) is 7.17. The molecule has 0 amide bonds. The van der Waals surface area contributed by atoms with E-state index in [1.807, 2.05) is 0 Å². The maximum absolute atomic E-state index is 11.7. The summed E-state index contributed by atoms with van der Waals surface area (Å²) in [7, 11) is 0. The van der Waals surface area contributed by atoms with E-state index in [0.29, 0.717) is 19.4 Å². The Bertz CT molecular complexity index is 416. The topological polar surface area (TPSA) is 131 Å². The van der Waals surface area contributed by atoms with Crippen molar-refractivity contribution in [1.82, 2.24) is 5.32 Å². The summed E-state index contributed by atoms with van der Waals surface area (Å²) in [4.78, 5) is 23.4. The van der Waals surface area contributed by atoms with Gasteiger partial charge in [0.05, 0.1) is 0 Å². The van der Waals surface area contributed by atoms with Crippen LogP contribution < -0.4 is 16.8 Å². The largest absolute Gasteiger partial charge is 0.392 e. The van der Waals surface area contributed by atoms with E-state index in [4.69, 9.17) is 21.6 Å². The van der Waals surface area contributed by atoms with Crippen molar-refractivity contribution >= 4 is 17.9 Å². The molecule has 0 aliphatic rings. The van der Waals surface area contributed by atoms with Gasteiger partial charge in [-0.25, -0.2) is 4.79 Å². The molecule has 27 heavy (non-hydrogen) atoms. The third kappa shape index (κ3) is 17.5. The highest BCUT2D eigenvalue weighted by Gasteiger charge is 2.18. The molecule has 0 saturated heterocycles. The van der Waals surface area contributed by atoms with Crippen LogP contribution in [0.2, 0.25) is 0 Å². The van der Waals surface area contributed by atoms with Gasteiger partial charge in [0.15, 0.2) is 5.96 Å². The van der Waals surface area contributed by atoms with Gasteiger partial charge in [0.2, 0.25) is 0 Å². The number of nitrogens with two attached hydrogens (primary N) is 2.